The fourth-order valence-corrected chi connectivity index (χ4v) is 2.05. The normalized spacial score (nSPS) is 17.1. The van der Waals surface area contributed by atoms with Crippen LogP contribution in [0.1, 0.15) is 12.8 Å². The molecule has 1 aliphatic rings. The Hall–Kier alpha value is -2.25. The van der Waals surface area contributed by atoms with Crippen LogP contribution in [0.4, 0.5) is 24.8 Å². The molecule has 0 amide bonds. The van der Waals surface area contributed by atoms with Crippen molar-refractivity contribution in [3.63, 3.8) is 0 Å². The molecule has 1 aromatic heterocycles. The number of rotatable bonds is 2. The summed E-state index contributed by atoms with van der Waals surface area (Å²) >= 11 is 0. The van der Waals surface area contributed by atoms with Gasteiger partial charge in [-0.05, 0) is 31.0 Å². The number of nitrogens with two attached hydrogens (primary N) is 1. The molecule has 0 radical (unpaired) electrons. The molecule has 0 saturated heterocycles. The van der Waals surface area contributed by atoms with Gasteiger partial charge < -0.3 is 11.1 Å². The molecule has 0 aliphatic heterocycles. The molecule has 1 aromatic carbocycles. The smallest absolute Gasteiger partial charge is 0.399 e. The Morgan fingerprint density at radius 3 is 2.65 bits per heavy atom. The maximum Gasteiger partial charge on any atom is 0.411 e. The fourth-order valence-electron chi connectivity index (χ4n) is 2.05. The van der Waals surface area contributed by atoms with Crippen LogP contribution in [0.2, 0.25) is 0 Å². The number of H-pyrrole nitrogens is 1. The van der Waals surface area contributed by atoms with Crippen LogP contribution < -0.4 is 16.6 Å². The molecule has 5 nitrogen and oxygen atoms in total. The molecule has 1 aliphatic carbocycles. The first-order valence-electron chi connectivity index (χ1n) is 5.95. The minimum absolute atomic E-state index is 0.0278. The van der Waals surface area contributed by atoms with Crippen molar-refractivity contribution < 1.29 is 13.2 Å². The summed E-state index contributed by atoms with van der Waals surface area (Å²) in [5.41, 5.74) is 3.74. The molecule has 1 saturated carbocycles. The summed E-state index contributed by atoms with van der Waals surface area (Å²) in [6.45, 7) is 0. The molecule has 0 bridgehead atoms. The van der Waals surface area contributed by atoms with Crippen LogP contribution in [0.25, 0.3) is 10.9 Å². The molecule has 1 heterocycles. The number of halogens is 3. The summed E-state index contributed by atoms with van der Waals surface area (Å²) in [6, 6.07) is 4.47. The molecule has 3 rings (SSSR count). The number of aromatic nitrogens is 2. The number of hydrogen-bond acceptors (Lipinski definition) is 4. The lowest BCUT2D eigenvalue weighted by molar-refractivity contribution is -0.151. The quantitative estimate of drug-likeness (QED) is 0.737. The number of nitrogens with one attached hydrogen (secondary N) is 2. The number of nitrogens with zero attached hydrogens (tertiary/aromatic N) is 1. The third-order valence-electron chi connectivity index (χ3n) is 3.38. The SMILES string of the molecule is Nc1ccc2nc(NC3(C(F)(F)F)CC3)[nH]c(=O)c2c1. The third-order valence-corrected chi connectivity index (χ3v) is 3.38. The average Bonchev–Trinajstić information content (AvgIpc) is 3.11. The highest BCUT2D eigenvalue weighted by atomic mass is 19.4. The van der Waals surface area contributed by atoms with E-state index in [1.165, 1.54) is 18.2 Å². The Morgan fingerprint density at radius 1 is 1.35 bits per heavy atom. The van der Waals surface area contributed by atoms with Gasteiger partial charge in [0.1, 0.15) is 5.54 Å². The number of anilines is 2. The number of fused-ring (bicyclic) bond motifs is 1. The lowest BCUT2D eigenvalue weighted by atomic mass is 10.2. The zero-order valence-electron chi connectivity index (χ0n) is 10.2. The van der Waals surface area contributed by atoms with Crippen molar-refractivity contribution in [3.05, 3.63) is 28.6 Å². The Labute approximate surface area is 111 Å². The summed E-state index contributed by atoms with van der Waals surface area (Å²) in [5.74, 6) is -0.179. The van der Waals surface area contributed by atoms with Crippen LogP contribution >= 0.6 is 0 Å². The summed E-state index contributed by atoms with van der Waals surface area (Å²) < 4.78 is 38.6. The van der Waals surface area contributed by atoms with Crippen molar-refractivity contribution in [3.8, 4) is 0 Å². The molecule has 20 heavy (non-hydrogen) atoms. The van der Waals surface area contributed by atoms with E-state index in [1.54, 1.807) is 0 Å². The molecule has 2 aromatic rings. The van der Waals surface area contributed by atoms with E-state index >= 15 is 0 Å². The van der Waals surface area contributed by atoms with Crippen LogP contribution in [0, 0.1) is 0 Å². The van der Waals surface area contributed by atoms with Gasteiger partial charge in [0, 0.05) is 5.69 Å². The largest absolute Gasteiger partial charge is 0.411 e. The van der Waals surface area contributed by atoms with E-state index < -0.39 is 17.3 Å². The molecular weight excluding hydrogens is 273 g/mol. The molecule has 0 atom stereocenters. The van der Waals surface area contributed by atoms with Gasteiger partial charge in [0.15, 0.2) is 0 Å². The number of nitrogen functional groups attached to an aromatic ring is 1. The average molecular weight is 284 g/mol. The summed E-state index contributed by atoms with van der Waals surface area (Å²) in [4.78, 5) is 18.1. The van der Waals surface area contributed by atoms with Crippen molar-refractivity contribution in [1.82, 2.24) is 9.97 Å². The van der Waals surface area contributed by atoms with Gasteiger partial charge in [-0.1, -0.05) is 0 Å². The summed E-state index contributed by atoms with van der Waals surface area (Å²) in [7, 11) is 0. The van der Waals surface area contributed by atoms with Crippen LogP contribution in [0.5, 0.6) is 0 Å². The molecule has 4 N–H and O–H groups in total. The van der Waals surface area contributed by atoms with Crippen LogP contribution in [-0.2, 0) is 0 Å². The predicted molar refractivity (Wildman–Crippen MR) is 68.4 cm³/mol. The van der Waals surface area contributed by atoms with Gasteiger partial charge in [-0.15, -0.1) is 0 Å². The van der Waals surface area contributed by atoms with E-state index in [4.69, 9.17) is 5.73 Å². The van der Waals surface area contributed by atoms with E-state index in [0.717, 1.165) is 0 Å². The second-order valence-corrected chi connectivity index (χ2v) is 4.90. The molecule has 1 fully saturated rings. The zero-order chi connectivity index (χ0) is 14.5. The first-order chi connectivity index (χ1) is 9.31. The third kappa shape index (κ3) is 1.97. The molecule has 0 unspecified atom stereocenters. The van der Waals surface area contributed by atoms with Crippen molar-refractivity contribution in [2.24, 2.45) is 0 Å². The zero-order valence-corrected chi connectivity index (χ0v) is 10.2. The number of benzene rings is 1. The van der Waals surface area contributed by atoms with E-state index in [9.17, 15) is 18.0 Å². The second-order valence-electron chi connectivity index (χ2n) is 4.90. The van der Waals surface area contributed by atoms with E-state index in [-0.39, 0.29) is 24.2 Å². The number of aromatic amines is 1. The highest BCUT2D eigenvalue weighted by molar-refractivity contribution is 5.81. The Kier molecular flexibility index (Phi) is 2.47. The van der Waals surface area contributed by atoms with Crippen molar-refractivity contribution in [2.45, 2.75) is 24.6 Å². The predicted octanol–water partition coefficient (Wildman–Crippen LogP) is 2.01. The molecule has 106 valence electrons. The van der Waals surface area contributed by atoms with Gasteiger partial charge in [-0.3, -0.25) is 9.78 Å². The first kappa shape index (κ1) is 12.8. The number of hydrogen-bond donors (Lipinski definition) is 3. The highest BCUT2D eigenvalue weighted by Gasteiger charge is 2.63. The molecule has 0 spiro atoms. The topological polar surface area (TPSA) is 83.8 Å². The standard InChI is InChI=1S/C12H11F3N4O/c13-12(14,15)11(3-4-11)19-10-17-8-2-1-6(16)5-7(8)9(20)18-10/h1-2,5H,3-4,16H2,(H2,17,18,19,20). The van der Waals surface area contributed by atoms with E-state index in [0.29, 0.717) is 11.2 Å². The Bertz CT molecular complexity index is 734. The molecular formula is C12H11F3N4O. The van der Waals surface area contributed by atoms with Gasteiger partial charge >= 0.3 is 6.18 Å². The first-order valence-corrected chi connectivity index (χ1v) is 5.95. The highest BCUT2D eigenvalue weighted by Crippen LogP contribution is 2.50. The maximum atomic E-state index is 12.9. The second kappa shape index (κ2) is 3.87. The summed E-state index contributed by atoms with van der Waals surface area (Å²) in [5, 5.41) is 2.54. The Morgan fingerprint density at radius 2 is 2.05 bits per heavy atom. The van der Waals surface area contributed by atoms with Gasteiger partial charge in [0.05, 0.1) is 10.9 Å². The number of alkyl halides is 3. The van der Waals surface area contributed by atoms with Gasteiger partial charge in [-0.25, -0.2) is 4.98 Å². The van der Waals surface area contributed by atoms with Gasteiger partial charge in [-0.2, -0.15) is 13.2 Å². The van der Waals surface area contributed by atoms with E-state index in [2.05, 4.69) is 15.3 Å². The fraction of sp³-hybridized carbons (Fsp3) is 0.333. The maximum absolute atomic E-state index is 12.9. The molecule has 8 heteroatoms. The lowest BCUT2D eigenvalue weighted by Crippen LogP contribution is -2.39. The van der Waals surface area contributed by atoms with Crippen molar-refractivity contribution >= 4 is 22.5 Å². The van der Waals surface area contributed by atoms with Gasteiger partial charge in [0.25, 0.3) is 5.56 Å². The minimum Gasteiger partial charge on any atom is -0.399 e. The van der Waals surface area contributed by atoms with Crippen LogP contribution in [0.3, 0.4) is 0 Å². The van der Waals surface area contributed by atoms with Crippen molar-refractivity contribution in [1.29, 1.82) is 0 Å². The van der Waals surface area contributed by atoms with Crippen LogP contribution in [-0.4, -0.2) is 21.7 Å². The van der Waals surface area contributed by atoms with Crippen molar-refractivity contribution in [2.75, 3.05) is 11.1 Å². The monoisotopic (exact) mass is 284 g/mol. The van der Waals surface area contributed by atoms with Crippen LogP contribution in [0.15, 0.2) is 23.0 Å². The minimum atomic E-state index is -4.37. The van der Waals surface area contributed by atoms with Gasteiger partial charge in [0.2, 0.25) is 5.95 Å². The van der Waals surface area contributed by atoms with E-state index in [1.807, 2.05) is 0 Å². The summed E-state index contributed by atoms with van der Waals surface area (Å²) in [6.07, 6.45) is -4.43. The lowest BCUT2D eigenvalue weighted by Gasteiger charge is -2.20. The Balaban J connectivity index is 2.02.